The average molecular weight is 450 g/mol. The largest absolute Gasteiger partial charge is 0.493 e. The molecule has 1 aliphatic heterocycles. The molecule has 3 amide bonds. The number of nitrogens with one attached hydrogen (secondary N) is 2. The first kappa shape index (κ1) is 22.2. The van der Waals surface area contributed by atoms with Crippen molar-refractivity contribution in [3.05, 3.63) is 72.3 Å². The molecule has 0 saturated carbocycles. The lowest BCUT2D eigenvalue weighted by atomic mass is 10.2. The summed E-state index contributed by atoms with van der Waals surface area (Å²) < 4.78 is 10.8. The molecule has 2 aromatic heterocycles. The standard InChI is InChI=1S/C24H27N5O4/c1-2-32-21-8-4-3-7-20(21)23(30)27-18-9-10-22(25-16-18)28-11-13-29(14-12-28)24(31)26-17-19-6-5-15-33-19/h3-10,15-16H,2,11-14,17H2,1H3,(H,26,31)(H,27,30). The van der Waals surface area contributed by atoms with E-state index in [1.54, 1.807) is 41.6 Å². The number of piperazine rings is 1. The summed E-state index contributed by atoms with van der Waals surface area (Å²) in [5.41, 5.74) is 1.08. The summed E-state index contributed by atoms with van der Waals surface area (Å²) in [4.78, 5) is 33.4. The van der Waals surface area contributed by atoms with E-state index in [9.17, 15) is 9.59 Å². The number of benzene rings is 1. The molecular formula is C24H27N5O4. The molecule has 9 heteroatoms. The molecule has 4 rings (SSSR count). The van der Waals surface area contributed by atoms with Crippen molar-refractivity contribution in [2.45, 2.75) is 13.5 Å². The fourth-order valence-corrected chi connectivity index (χ4v) is 3.61. The van der Waals surface area contributed by atoms with Gasteiger partial charge >= 0.3 is 6.03 Å². The van der Waals surface area contributed by atoms with Crippen LogP contribution in [0.1, 0.15) is 23.0 Å². The van der Waals surface area contributed by atoms with Crippen molar-refractivity contribution >= 4 is 23.4 Å². The highest BCUT2D eigenvalue weighted by atomic mass is 16.5. The normalized spacial score (nSPS) is 13.5. The van der Waals surface area contributed by atoms with Crippen LogP contribution in [0.15, 0.2) is 65.4 Å². The van der Waals surface area contributed by atoms with E-state index in [2.05, 4.69) is 20.5 Å². The molecular weight excluding hydrogens is 422 g/mol. The summed E-state index contributed by atoms with van der Waals surface area (Å²) in [5, 5.41) is 5.74. The highest BCUT2D eigenvalue weighted by Crippen LogP contribution is 2.21. The fourth-order valence-electron chi connectivity index (χ4n) is 3.61. The number of hydrogen-bond donors (Lipinski definition) is 2. The van der Waals surface area contributed by atoms with E-state index in [1.807, 2.05) is 31.2 Å². The van der Waals surface area contributed by atoms with Gasteiger partial charge in [-0.2, -0.15) is 0 Å². The van der Waals surface area contributed by atoms with Gasteiger partial charge in [0.05, 0.1) is 36.9 Å². The molecule has 0 bridgehead atoms. The van der Waals surface area contributed by atoms with Crippen LogP contribution in [-0.2, 0) is 6.54 Å². The Bertz CT molecular complexity index is 1060. The number of anilines is 2. The fraction of sp³-hybridized carbons (Fsp3) is 0.292. The van der Waals surface area contributed by atoms with Crippen LogP contribution in [-0.4, -0.2) is 54.6 Å². The molecule has 0 radical (unpaired) electrons. The molecule has 3 aromatic rings. The van der Waals surface area contributed by atoms with E-state index < -0.39 is 0 Å². The van der Waals surface area contributed by atoms with E-state index in [0.29, 0.717) is 56.3 Å². The number of rotatable bonds is 7. The SMILES string of the molecule is CCOc1ccccc1C(=O)Nc1ccc(N2CCN(C(=O)NCc3ccco3)CC2)nc1. The van der Waals surface area contributed by atoms with Crippen molar-refractivity contribution in [2.24, 2.45) is 0 Å². The van der Waals surface area contributed by atoms with Crippen LogP contribution in [0, 0.1) is 0 Å². The highest BCUT2D eigenvalue weighted by Gasteiger charge is 2.22. The first-order chi connectivity index (χ1) is 16.1. The first-order valence-corrected chi connectivity index (χ1v) is 10.9. The Labute approximate surface area is 192 Å². The number of hydrogen-bond acceptors (Lipinski definition) is 6. The summed E-state index contributed by atoms with van der Waals surface area (Å²) in [7, 11) is 0. The molecule has 1 saturated heterocycles. The third-order valence-electron chi connectivity index (χ3n) is 5.32. The van der Waals surface area contributed by atoms with Gasteiger partial charge in [0.25, 0.3) is 5.91 Å². The Kier molecular flexibility index (Phi) is 7.09. The number of urea groups is 1. The van der Waals surface area contributed by atoms with Crippen LogP contribution < -0.4 is 20.3 Å². The van der Waals surface area contributed by atoms with Gasteiger partial charge in [-0.15, -0.1) is 0 Å². The molecule has 33 heavy (non-hydrogen) atoms. The zero-order valence-corrected chi connectivity index (χ0v) is 18.5. The number of pyridine rings is 1. The maximum absolute atomic E-state index is 12.6. The van der Waals surface area contributed by atoms with Crippen LogP contribution in [0.3, 0.4) is 0 Å². The predicted molar refractivity (Wildman–Crippen MR) is 125 cm³/mol. The molecule has 0 atom stereocenters. The third-order valence-corrected chi connectivity index (χ3v) is 5.32. The molecule has 2 N–H and O–H groups in total. The summed E-state index contributed by atoms with van der Waals surface area (Å²) in [6.45, 7) is 5.28. The lowest BCUT2D eigenvalue weighted by Gasteiger charge is -2.35. The van der Waals surface area contributed by atoms with E-state index >= 15 is 0 Å². The van der Waals surface area contributed by atoms with Crippen molar-refractivity contribution in [2.75, 3.05) is 43.0 Å². The highest BCUT2D eigenvalue weighted by molar-refractivity contribution is 6.06. The Morgan fingerprint density at radius 3 is 2.58 bits per heavy atom. The van der Waals surface area contributed by atoms with Crippen molar-refractivity contribution in [3.63, 3.8) is 0 Å². The second-order valence-corrected chi connectivity index (χ2v) is 7.50. The van der Waals surface area contributed by atoms with Gasteiger partial charge in [0, 0.05) is 26.2 Å². The number of furan rings is 1. The number of amides is 3. The van der Waals surface area contributed by atoms with Crippen LogP contribution in [0.4, 0.5) is 16.3 Å². The van der Waals surface area contributed by atoms with Crippen LogP contribution in [0.2, 0.25) is 0 Å². The van der Waals surface area contributed by atoms with E-state index in [1.165, 1.54) is 0 Å². The monoisotopic (exact) mass is 449 g/mol. The van der Waals surface area contributed by atoms with Gasteiger partial charge in [-0.05, 0) is 43.3 Å². The number of para-hydroxylation sites is 1. The summed E-state index contributed by atoms with van der Waals surface area (Å²) in [5.74, 6) is 1.83. The maximum Gasteiger partial charge on any atom is 0.317 e. The topological polar surface area (TPSA) is 99.9 Å². The quantitative estimate of drug-likeness (QED) is 0.574. The van der Waals surface area contributed by atoms with Crippen LogP contribution >= 0.6 is 0 Å². The Balaban J connectivity index is 1.28. The molecule has 0 spiro atoms. The number of ether oxygens (including phenoxy) is 1. The smallest absolute Gasteiger partial charge is 0.317 e. The minimum Gasteiger partial charge on any atom is -0.493 e. The van der Waals surface area contributed by atoms with Gasteiger partial charge in [0.2, 0.25) is 0 Å². The minimum absolute atomic E-state index is 0.107. The predicted octanol–water partition coefficient (Wildman–Crippen LogP) is 3.36. The van der Waals surface area contributed by atoms with Crippen LogP contribution in [0.25, 0.3) is 0 Å². The Morgan fingerprint density at radius 1 is 1.06 bits per heavy atom. The van der Waals surface area contributed by atoms with E-state index in [4.69, 9.17) is 9.15 Å². The second-order valence-electron chi connectivity index (χ2n) is 7.50. The molecule has 1 fully saturated rings. The van der Waals surface area contributed by atoms with Crippen molar-refractivity contribution in [3.8, 4) is 5.75 Å². The van der Waals surface area contributed by atoms with Gasteiger partial charge in [-0.3, -0.25) is 4.79 Å². The second kappa shape index (κ2) is 10.5. The minimum atomic E-state index is -0.247. The third kappa shape index (κ3) is 5.62. The van der Waals surface area contributed by atoms with E-state index in [0.717, 1.165) is 11.6 Å². The average Bonchev–Trinajstić information content (AvgIpc) is 3.37. The zero-order valence-electron chi connectivity index (χ0n) is 18.5. The molecule has 1 aliphatic rings. The van der Waals surface area contributed by atoms with Crippen molar-refractivity contribution in [1.82, 2.24) is 15.2 Å². The molecule has 0 aliphatic carbocycles. The van der Waals surface area contributed by atoms with Crippen molar-refractivity contribution < 1.29 is 18.7 Å². The van der Waals surface area contributed by atoms with Gasteiger partial charge in [0.1, 0.15) is 17.3 Å². The van der Waals surface area contributed by atoms with Gasteiger partial charge in [-0.25, -0.2) is 9.78 Å². The summed E-state index contributed by atoms with van der Waals surface area (Å²) in [6.07, 6.45) is 3.22. The zero-order chi connectivity index (χ0) is 23.0. The van der Waals surface area contributed by atoms with Gasteiger partial charge in [-0.1, -0.05) is 12.1 Å². The van der Waals surface area contributed by atoms with Crippen LogP contribution in [0.5, 0.6) is 5.75 Å². The van der Waals surface area contributed by atoms with Crippen molar-refractivity contribution in [1.29, 1.82) is 0 Å². The molecule has 172 valence electrons. The first-order valence-electron chi connectivity index (χ1n) is 10.9. The Morgan fingerprint density at radius 2 is 1.88 bits per heavy atom. The number of nitrogens with zero attached hydrogens (tertiary/aromatic N) is 3. The summed E-state index contributed by atoms with van der Waals surface area (Å²) in [6, 6.07) is 14.4. The number of carbonyl (C=O) groups excluding carboxylic acids is 2. The van der Waals surface area contributed by atoms with Gasteiger partial charge < -0.3 is 29.6 Å². The van der Waals surface area contributed by atoms with E-state index in [-0.39, 0.29) is 11.9 Å². The summed E-state index contributed by atoms with van der Waals surface area (Å²) >= 11 is 0. The number of carbonyl (C=O) groups is 2. The molecule has 0 unspecified atom stereocenters. The van der Waals surface area contributed by atoms with Gasteiger partial charge in [0.15, 0.2) is 0 Å². The lowest BCUT2D eigenvalue weighted by Crippen LogP contribution is -2.51. The molecule has 9 nitrogen and oxygen atoms in total. The maximum atomic E-state index is 12.6. The number of aromatic nitrogens is 1. The molecule has 1 aromatic carbocycles. The Hall–Kier alpha value is -4.01. The lowest BCUT2D eigenvalue weighted by molar-refractivity contribution is 0.102. The molecule has 3 heterocycles.